The fraction of sp³-hybridized carbons (Fsp3) is 1.00. The fourth-order valence-corrected chi connectivity index (χ4v) is 1.96. The molecule has 0 saturated carbocycles. The quantitative estimate of drug-likeness (QED) is 0.609. The molecule has 0 aromatic rings. The number of alkyl halides is 1. The summed E-state index contributed by atoms with van der Waals surface area (Å²) in [6.07, 6.45) is 0. The van der Waals surface area contributed by atoms with Crippen molar-refractivity contribution in [2.45, 2.75) is 39.5 Å². The number of likely N-dealkylation sites (N-methyl/N-ethyl adjacent to an activating group) is 1. The van der Waals surface area contributed by atoms with Gasteiger partial charge in [0.25, 0.3) is 0 Å². The molecule has 13 heavy (non-hydrogen) atoms. The molecule has 0 aromatic carbocycles. The summed E-state index contributed by atoms with van der Waals surface area (Å²) < 4.78 is 14.0. The number of rotatable bonds is 2. The Balaban J connectivity index is 2.59. The van der Waals surface area contributed by atoms with Gasteiger partial charge in [-0.1, -0.05) is 6.92 Å². The number of hydrogen-bond acceptors (Lipinski definition) is 2. The number of halogens is 1. The topological polar surface area (TPSA) is 6.48 Å². The molecule has 0 bridgehead atoms. The molecule has 1 unspecified atom stereocenters. The van der Waals surface area contributed by atoms with E-state index in [4.69, 9.17) is 0 Å². The minimum Gasteiger partial charge on any atom is -0.295 e. The Morgan fingerprint density at radius 3 is 2.38 bits per heavy atom. The first-order chi connectivity index (χ1) is 5.97. The molecule has 1 rings (SSSR count). The van der Waals surface area contributed by atoms with Crippen LogP contribution in [0.4, 0.5) is 4.39 Å². The van der Waals surface area contributed by atoms with Gasteiger partial charge in [-0.15, -0.1) is 0 Å². The molecule has 0 aliphatic carbocycles. The van der Waals surface area contributed by atoms with Gasteiger partial charge in [-0.2, -0.15) is 0 Å². The van der Waals surface area contributed by atoms with E-state index in [2.05, 4.69) is 18.7 Å². The molecule has 0 spiro atoms. The summed E-state index contributed by atoms with van der Waals surface area (Å²) in [7, 11) is 0. The van der Waals surface area contributed by atoms with Crippen molar-refractivity contribution in [3.05, 3.63) is 0 Å². The van der Waals surface area contributed by atoms with Crippen LogP contribution in [0.2, 0.25) is 0 Å². The molecule has 1 atom stereocenters. The molecule has 2 nitrogen and oxygen atoms in total. The molecular weight excluding hydrogens is 167 g/mol. The zero-order valence-electron chi connectivity index (χ0n) is 9.18. The molecule has 1 aliphatic rings. The third-order valence-electron chi connectivity index (χ3n) is 2.92. The Hall–Kier alpha value is -0.150. The van der Waals surface area contributed by atoms with Crippen LogP contribution in [0.15, 0.2) is 0 Å². The average molecular weight is 188 g/mol. The van der Waals surface area contributed by atoms with Crippen LogP contribution in [0.3, 0.4) is 0 Å². The summed E-state index contributed by atoms with van der Waals surface area (Å²) in [5, 5.41) is 0. The van der Waals surface area contributed by atoms with E-state index in [1.165, 1.54) is 0 Å². The highest BCUT2D eigenvalue weighted by Gasteiger charge is 2.37. The number of hydrogen-bond donors (Lipinski definition) is 0. The summed E-state index contributed by atoms with van der Waals surface area (Å²) in [6, 6.07) is 0.453. The average Bonchev–Trinajstić information content (AvgIpc) is 2.02. The molecule has 3 heteroatoms. The number of piperazine rings is 1. The second-order valence-corrected chi connectivity index (χ2v) is 4.29. The van der Waals surface area contributed by atoms with Crippen molar-refractivity contribution in [2.24, 2.45) is 0 Å². The van der Waals surface area contributed by atoms with Gasteiger partial charge in [0.05, 0.1) is 0 Å². The SMILES string of the molecule is CCN1CCN(C(C)C)CC1(C)F. The maximum absolute atomic E-state index is 14.0. The van der Waals surface area contributed by atoms with Crippen LogP contribution in [-0.2, 0) is 0 Å². The van der Waals surface area contributed by atoms with E-state index in [-0.39, 0.29) is 0 Å². The maximum Gasteiger partial charge on any atom is 0.174 e. The molecule has 1 aliphatic heterocycles. The van der Waals surface area contributed by atoms with Gasteiger partial charge < -0.3 is 0 Å². The highest BCUT2D eigenvalue weighted by atomic mass is 19.1. The van der Waals surface area contributed by atoms with Gasteiger partial charge in [0.15, 0.2) is 5.79 Å². The normalized spacial score (nSPS) is 32.8. The van der Waals surface area contributed by atoms with Crippen LogP contribution in [-0.4, -0.2) is 47.8 Å². The van der Waals surface area contributed by atoms with Crippen LogP contribution in [0, 0.1) is 0 Å². The second-order valence-electron chi connectivity index (χ2n) is 4.29. The molecule has 0 N–H and O–H groups in total. The number of nitrogens with zero attached hydrogens (tertiary/aromatic N) is 2. The minimum atomic E-state index is -1.14. The van der Waals surface area contributed by atoms with E-state index in [9.17, 15) is 4.39 Å². The zero-order valence-corrected chi connectivity index (χ0v) is 9.18. The first-order valence-corrected chi connectivity index (χ1v) is 5.15. The summed E-state index contributed by atoms with van der Waals surface area (Å²) in [4.78, 5) is 4.11. The summed E-state index contributed by atoms with van der Waals surface area (Å²) in [6.45, 7) is 11.1. The Morgan fingerprint density at radius 2 is 2.00 bits per heavy atom. The van der Waals surface area contributed by atoms with Crippen molar-refractivity contribution in [2.75, 3.05) is 26.2 Å². The van der Waals surface area contributed by atoms with Gasteiger partial charge in [0, 0.05) is 25.7 Å². The fourth-order valence-electron chi connectivity index (χ4n) is 1.96. The summed E-state index contributed by atoms with van der Waals surface area (Å²) >= 11 is 0. The smallest absolute Gasteiger partial charge is 0.174 e. The van der Waals surface area contributed by atoms with Crippen molar-refractivity contribution in [3.63, 3.8) is 0 Å². The van der Waals surface area contributed by atoms with E-state index in [0.717, 1.165) is 19.6 Å². The Morgan fingerprint density at radius 1 is 1.38 bits per heavy atom. The van der Waals surface area contributed by atoms with Crippen molar-refractivity contribution in [3.8, 4) is 0 Å². The molecule has 1 heterocycles. The lowest BCUT2D eigenvalue weighted by Crippen LogP contribution is -2.59. The van der Waals surface area contributed by atoms with E-state index in [0.29, 0.717) is 12.6 Å². The van der Waals surface area contributed by atoms with E-state index in [1.807, 2.05) is 11.8 Å². The van der Waals surface area contributed by atoms with Gasteiger partial charge >= 0.3 is 0 Å². The third-order valence-corrected chi connectivity index (χ3v) is 2.92. The van der Waals surface area contributed by atoms with Crippen molar-refractivity contribution < 1.29 is 4.39 Å². The van der Waals surface area contributed by atoms with Crippen LogP contribution >= 0.6 is 0 Å². The highest BCUT2D eigenvalue weighted by molar-refractivity contribution is 4.85. The van der Waals surface area contributed by atoms with Crippen molar-refractivity contribution in [1.82, 2.24) is 9.80 Å². The van der Waals surface area contributed by atoms with Gasteiger partial charge in [-0.05, 0) is 27.3 Å². The molecule has 1 saturated heterocycles. The van der Waals surface area contributed by atoms with Gasteiger partial charge in [-0.3, -0.25) is 9.80 Å². The van der Waals surface area contributed by atoms with Crippen molar-refractivity contribution in [1.29, 1.82) is 0 Å². The Bertz CT molecular complexity index is 168. The standard InChI is InChI=1S/C10H21FN2/c1-5-13-7-6-12(9(2)3)8-10(13,4)11/h9H,5-8H2,1-4H3. The van der Waals surface area contributed by atoms with E-state index >= 15 is 0 Å². The maximum atomic E-state index is 14.0. The molecule has 0 amide bonds. The van der Waals surface area contributed by atoms with E-state index < -0.39 is 5.79 Å². The Kier molecular flexibility index (Phi) is 3.30. The lowest BCUT2D eigenvalue weighted by atomic mass is 10.1. The summed E-state index contributed by atoms with van der Waals surface area (Å²) in [5.41, 5.74) is 0. The van der Waals surface area contributed by atoms with Crippen LogP contribution in [0.25, 0.3) is 0 Å². The van der Waals surface area contributed by atoms with Crippen LogP contribution in [0.5, 0.6) is 0 Å². The van der Waals surface area contributed by atoms with Gasteiger partial charge in [0.2, 0.25) is 0 Å². The molecular formula is C10H21FN2. The predicted octanol–water partition coefficient (Wildman–Crippen LogP) is 1.72. The van der Waals surface area contributed by atoms with Crippen LogP contribution in [0.1, 0.15) is 27.7 Å². The first-order valence-electron chi connectivity index (χ1n) is 5.15. The Labute approximate surface area is 80.7 Å². The zero-order chi connectivity index (χ0) is 10.1. The third kappa shape index (κ3) is 2.41. The van der Waals surface area contributed by atoms with E-state index in [1.54, 1.807) is 6.92 Å². The monoisotopic (exact) mass is 188 g/mol. The molecule has 78 valence electrons. The largest absolute Gasteiger partial charge is 0.295 e. The molecule has 0 aromatic heterocycles. The first kappa shape index (κ1) is 10.9. The van der Waals surface area contributed by atoms with Crippen LogP contribution < -0.4 is 0 Å². The lowest BCUT2D eigenvalue weighted by molar-refractivity contribution is -0.0850. The van der Waals surface area contributed by atoms with Gasteiger partial charge in [0.1, 0.15) is 0 Å². The predicted molar refractivity (Wildman–Crippen MR) is 53.5 cm³/mol. The lowest BCUT2D eigenvalue weighted by Gasteiger charge is -2.45. The van der Waals surface area contributed by atoms with Crippen molar-refractivity contribution >= 4 is 0 Å². The second kappa shape index (κ2) is 3.93. The highest BCUT2D eigenvalue weighted by Crippen LogP contribution is 2.23. The molecule has 1 fully saturated rings. The summed E-state index contributed by atoms with van der Waals surface area (Å²) in [5.74, 6) is -1.14. The minimum absolute atomic E-state index is 0.453. The van der Waals surface area contributed by atoms with Gasteiger partial charge in [-0.25, -0.2) is 4.39 Å². The molecule has 0 radical (unpaired) electrons.